The second-order valence-corrected chi connectivity index (χ2v) is 36.4. The molecule has 8 unspecified atom stereocenters. The molecule has 0 aliphatic rings. The fourth-order valence-electron chi connectivity index (χ4n) is 13.9. The molecule has 13 rings (SSSR count). The van der Waals surface area contributed by atoms with Crippen molar-refractivity contribution in [1.82, 2.24) is 39.9 Å². The molecule has 0 bridgehead atoms. The molecular weight excluding hydrogens is 2330 g/mol. The Kier molecular flexibility index (Phi) is 52.4. The van der Waals surface area contributed by atoms with Crippen LogP contribution in [0.3, 0.4) is 0 Å². The van der Waals surface area contributed by atoms with Crippen LogP contribution in [0, 0.1) is 102 Å². The fraction of sp³-hybridized carbons (Fsp3) is 0.436. The molecule has 9 aromatic carbocycles. The zero-order chi connectivity index (χ0) is 93.6. The van der Waals surface area contributed by atoms with E-state index in [0.717, 1.165) is 166 Å². The Morgan fingerprint density at radius 1 is 0.285 bits per heavy atom. The summed E-state index contributed by atoms with van der Waals surface area (Å²) in [7, 11) is 0. The third-order valence-corrected chi connectivity index (χ3v) is 21.3. The van der Waals surface area contributed by atoms with Crippen LogP contribution in [-0.4, -0.2) is 130 Å². The predicted molar refractivity (Wildman–Crippen MR) is 523 cm³/mol. The van der Waals surface area contributed by atoms with Gasteiger partial charge in [0, 0.05) is 127 Å². The van der Waals surface area contributed by atoms with Gasteiger partial charge in [-0.2, -0.15) is 0 Å². The molecule has 4 aromatic heterocycles. The number of para-hydroxylation sites is 8. The van der Waals surface area contributed by atoms with Crippen LogP contribution in [0.4, 0.5) is 0 Å². The van der Waals surface area contributed by atoms with E-state index in [-0.39, 0.29) is 140 Å². The van der Waals surface area contributed by atoms with E-state index >= 15 is 0 Å². The van der Waals surface area contributed by atoms with E-state index in [1.54, 1.807) is 27.7 Å². The van der Waals surface area contributed by atoms with Gasteiger partial charge in [-0.25, -0.2) is 0 Å². The summed E-state index contributed by atoms with van der Waals surface area (Å²) in [5, 5.41) is 72.5. The monoisotopic (exact) mass is 2480 g/mol. The molecule has 4 radical (unpaired) electrons. The topological polar surface area (TPSA) is 265 Å². The number of benzene rings is 9. The Morgan fingerprint density at radius 2 is 0.569 bits per heavy atom. The molecule has 0 fully saturated rings. The Bertz CT molecular complexity index is 5210. The number of aliphatic hydroxyl groups is 8. The number of aryl methyl sites for hydroxylation is 13. The van der Waals surface area contributed by atoms with Gasteiger partial charge in [-0.05, 0) is 181 Å². The van der Waals surface area contributed by atoms with Gasteiger partial charge in [0.05, 0.1) is 98.7 Å². The van der Waals surface area contributed by atoms with Gasteiger partial charge in [-0.3, -0.25) is 39.9 Å². The van der Waals surface area contributed by atoms with E-state index in [1.165, 1.54) is 38.9 Å². The summed E-state index contributed by atoms with van der Waals surface area (Å²) in [5.74, 6) is 0.479. The maximum atomic E-state index is 9.76. The predicted octanol–water partition coefficient (Wildman–Crippen LogP) is 23.2. The first-order valence-corrected chi connectivity index (χ1v) is 45.0. The molecule has 0 aliphatic carbocycles. The van der Waals surface area contributed by atoms with E-state index in [9.17, 15) is 20.4 Å². The van der Waals surface area contributed by atoms with Gasteiger partial charge in [-0.1, -0.05) is 212 Å². The van der Waals surface area contributed by atoms with E-state index in [4.69, 9.17) is 50.3 Å². The van der Waals surface area contributed by atoms with Crippen LogP contribution in [0.25, 0.3) is 100 Å². The quantitative estimate of drug-likeness (QED) is 0.0330. The van der Waals surface area contributed by atoms with Crippen molar-refractivity contribution in [3.63, 3.8) is 0 Å². The van der Waals surface area contributed by atoms with E-state index < -0.39 is 12.2 Å². The molecule has 16 nitrogen and oxygen atoms in total. The molecule has 0 spiro atoms. The maximum absolute atomic E-state index is 9.76. The number of fused-ring (bicyclic) bond motifs is 4. The molecule has 4 heterocycles. The summed E-state index contributed by atoms with van der Waals surface area (Å²) in [6.07, 6.45) is 3.61. The molecule has 712 valence electrons. The van der Waals surface area contributed by atoms with Crippen molar-refractivity contribution in [1.29, 1.82) is 0 Å². The second-order valence-electron chi connectivity index (χ2n) is 36.4. The molecular formula is C110H144Ir4N8O8-4. The molecule has 130 heavy (non-hydrogen) atoms. The molecule has 13 aromatic rings. The molecule has 20 heteroatoms. The van der Waals surface area contributed by atoms with Crippen molar-refractivity contribution in [3.05, 3.63) is 261 Å². The second kappa shape index (κ2) is 57.4. The van der Waals surface area contributed by atoms with Crippen molar-refractivity contribution in [3.8, 4) is 56.3 Å². The Hall–Kier alpha value is -7.38. The molecule has 0 aliphatic heterocycles. The summed E-state index contributed by atoms with van der Waals surface area (Å²) in [5.41, 5.74) is 32.3. The minimum atomic E-state index is -0.443. The summed E-state index contributed by atoms with van der Waals surface area (Å²) in [6.45, 7) is 53.7. The average Bonchev–Trinajstić information content (AvgIpc) is 0.766. The molecule has 0 saturated heterocycles. The number of rotatable bonds is 20. The van der Waals surface area contributed by atoms with Crippen LogP contribution >= 0.6 is 0 Å². The van der Waals surface area contributed by atoms with Gasteiger partial charge >= 0.3 is 0 Å². The zero-order valence-corrected chi connectivity index (χ0v) is 91.3. The van der Waals surface area contributed by atoms with Gasteiger partial charge in [-0.15, -0.1) is 140 Å². The van der Waals surface area contributed by atoms with Gasteiger partial charge in [0.2, 0.25) is 0 Å². The Labute approximate surface area is 831 Å². The largest absolute Gasteiger partial charge is 0.393 e. The molecule has 8 N–H and O–H groups in total. The van der Waals surface area contributed by atoms with Gasteiger partial charge in [0.15, 0.2) is 0 Å². The van der Waals surface area contributed by atoms with Crippen molar-refractivity contribution in [2.75, 3.05) is 0 Å². The maximum Gasteiger partial charge on any atom is 0.0875 e. The Balaban J connectivity index is 0.000000521. The molecule has 0 amide bonds. The van der Waals surface area contributed by atoms with Crippen LogP contribution < -0.4 is 0 Å². The number of hydrogen-bond acceptors (Lipinski definition) is 16. The van der Waals surface area contributed by atoms with Crippen LogP contribution in [-0.2, 0) is 113 Å². The van der Waals surface area contributed by atoms with Crippen molar-refractivity contribution in [2.45, 2.75) is 294 Å². The number of aliphatic hydroxyl groups excluding tert-OH is 8. The number of aromatic nitrogens is 8. The van der Waals surface area contributed by atoms with Crippen LogP contribution in [0.15, 0.2) is 164 Å². The van der Waals surface area contributed by atoms with Gasteiger partial charge in [0.1, 0.15) is 0 Å². The average molecular weight is 2480 g/mol. The number of nitrogens with zero attached hydrogens (tertiary/aromatic N) is 8. The first-order valence-electron chi connectivity index (χ1n) is 45.0. The van der Waals surface area contributed by atoms with Crippen LogP contribution in [0.2, 0.25) is 0 Å². The first kappa shape index (κ1) is 119. The van der Waals surface area contributed by atoms with Gasteiger partial charge < -0.3 is 40.9 Å². The fourth-order valence-corrected chi connectivity index (χ4v) is 13.9. The minimum Gasteiger partial charge on any atom is -0.393 e. The number of hydrogen-bond donors (Lipinski definition) is 8. The van der Waals surface area contributed by atoms with Crippen LogP contribution in [0.5, 0.6) is 0 Å². The van der Waals surface area contributed by atoms with Crippen molar-refractivity contribution >= 4 is 44.1 Å². The smallest absolute Gasteiger partial charge is 0.0875 e. The summed E-state index contributed by atoms with van der Waals surface area (Å²) < 4.78 is 0. The zero-order valence-electron chi connectivity index (χ0n) is 81.7. The van der Waals surface area contributed by atoms with E-state index in [2.05, 4.69) is 177 Å². The van der Waals surface area contributed by atoms with Gasteiger partial charge in [0.25, 0.3) is 0 Å². The Morgan fingerprint density at radius 3 is 0.854 bits per heavy atom. The first-order chi connectivity index (χ1) is 59.3. The minimum absolute atomic E-state index is 0. The standard InChI is InChI=1S/C28H29N2.C18H17N2.2C17H15N2.C11H24O2.C9H20O2.2C5H12O2.4Ir/c1-5-19-13-20(6-2)16-23(15-19)27-28(30-26-12-10-9-11-25(26)29-27)24-17-21(7-3)14-22(8-4)18-24;1-4-15-18(14-10-12(2)9-13(3)11-14)20-17-8-6-5-7-16(17)19-15;2*1-11-8-12(2)10-14(9-11)17-13(3)18-15-6-4-5-7-16(15)19-17;1-10(2,3)8(12)7-9(13)11(4,5)6;1-6(2)8(10)5-9(11)7(3)4;2*1-4(6)3-5(2)7;;;;/h9-17H,5-8H2,1-4H3;5-10H,4H2,1-3H3;2*4-9H,1-3H3;8-9,12-13H,7H2,1-6H3;6-11H,5H2,1-4H3;2*4-7H,3H2,1-2H3;;;;/q4*-1;;;;;;;;. The normalized spacial score (nSPS) is 12.8. The van der Waals surface area contributed by atoms with Crippen molar-refractivity contribution < 1.29 is 121 Å². The third kappa shape index (κ3) is 38.9. The third-order valence-electron chi connectivity index (χ3n) is 21.3. The summed E-state index contributed by atoms with van der Waals surface area (Å²) in [6, 6.07) is 69.9. The van der Waals surface area contributed by atoms with E-state index in [1.807, 2.05) is 180 Å². The van der Waals surface area contributed by atoms with E-state index in [0.29, 0.717) is 25.7 Å². The SMILES string of the molecule is CC(C)(C)C(O)CC(O)C(C)(C)C.CC(C)C(O)CC(O)C(C)C.CC(O)CC(C)O.CC(O)CC(C)O.CCc1[c-]c(-c2nc3ccccc3nc2-c2cc(CC)cc(CC)c2)cc(CC)c1.CCc1nc2ccccc2nc1-c1[c-]c(C)cc(C)c1.Cc1[c-]c(-c2nc3ccccc3nc2C)cc(C)c1.Cc1[c-]c(-c2nc3ccccc3nc2C)cc(C)c1.[Ir].[Ir].[Ir].[Ir]. The summed E-state index contributed by atoms with van der Waals surface area (Å²) in [4.78, 5) is 38.5. The molecule has 0 saturated carbocycles. The molecule has 8 atom stereocenters. The van der Waals surface area contributed by atoms with Crippen LogP contribution in [0.1, 0.15) is 230 Å². The summed E-state index contributed by atoms with van der Waals surface area (Å²) >= 11 is 0. The van der Waals surface area contributed by atoms with Crippen molar-refractivity contribution in [2.24, 2.45) is 22.7 Å².